The van der Waals surface area contributed by atoms with Crippen molar-refractivity contribution >= 4 is 62.9 Å². The Balaban J connectivity index is 0.000000443. The molecule has 0 aliphatic heterocycles. The summed E-state index contributed by atoms with van der Waals surface area (Å²) in [5.41, 5.74) is 2.06. The topological polar surface area (TPSA) is 114 Å². The van der Waals surface area contributed by atoms with Crippen LogP contribution in [0.5, 0.6) is 0 Å². The Kier molecular flexibility index (Phi) is 10.7. The molecule has 0 aromatic heterocycles. The molecule has 0 bridgehead atoms. The van der Waals surface area contributed by atoms with Crippen molar-refractivity contribution in [2.24, 2.45) is 0 Å². The molecule has 0 atom stereocenters. The van der Waals surface area contributed by atoms with Gasteiger partial charge >= 0.3 is 23.1 Å². The van der Waals surface area contributed by atoms with Gasteiger partial charge in [0.15, 0.2) is 18.3 Å². The fourth-order valence-corrected chi connectivity index (χ4v) is 4.47. The number of hydrogen-bond acceptors (Lipinski definition) is 8. The van der Waals surface area contributed by atoms with Crippen LogP contribution in [0.3, 0.4) is 0 Å². The van der Waals surface area contributed by atoms with E-state index in [0.29, 0.717) is 31.4 Å². The quantitative estimate of drug-likeness (QED) is 0.413. The molecule has 0 radical (unpaired) electrons. The Morgan fingerprint density at radius 3 is 1.08 bits per heavy atom. The third-order valence-electron chi connectivity index (χ3n) is 2.44. The predicted octanol–water partition coefficient (Wildman–Crippen LogP) is 2.71. The van der Waals surface area contributed by atoms with E-state index in [0.717, 1.165) is 11.1 Å². The summed E-state index contributed by atoms with van der Waals surface area (Å²) >= 11 is 0. The predicted molar refractivity (Wildman–Crippen MR) is 99.2 cm³/mol. The molecule has 0 N–H and O–H groups in total. The van der Waals surface area contributed by atoms with Crippen molar-refractivity contribution < 1.29 is 25.9 Å². The van der Waals surface area contributed by atoms with Crippen molar-refractivity contribution in [3.63, 3.8) is 0 Å². The molecule has 2 rings (SSSR count). The maximum Gasteiger partial charge on any atom is 2.00 e. The van der Waals surface area contributed by atoms with Crippen LogP contribution in [0.25, 0.3) is 0 Å². The van der Waals surface area contributed by atoms with Crippen molar-refractivity contribution in [1.82, 2.24) is 0 Å². The molecule has 0 saturated carbocycles. The maximum absolute atomic E-state index is 10.3. The van der Waals surface area contributed by atoms with Crippen molar-refractivity contribution in [1.29, 1.82) is 0 Å². The van der Waals surface area contributed by atoms with E-state index in [1.165, 1.54) is 0 Å². The van der Waals surface area contributed by atoms with E-state index in [1.54, 1.807) is 48.5 Å². The molecule has 0 saturated heterocycles. The smallest absolute Gasteiger partial charge is 0.739 e. The third kappa shape index (κ3) is 12.7. The van der Waals surface area contributed by atoms with Crippen LogP contribution in [0.2, 0.25) is 0 Å². The summed E-state index contributed by atoms with van der Waals surface area (Å²) in [5, 5.41) is 0. The van der Waals surface area contributed by atoms with Gasteiger partial charge < -0.3 is 9.11 Å². The molecule has 2 aromatic rings. The average molecular weight is 431 g/mol. The molecule has 2 aromatic carbocycles. The van der Waals surface area contributed by atoms with Gasteiger partial charge in [0.1, 0.15) is 0 Å². The van der Waals surface area contributed by atoms with Crippen LogP contribution in [-0.4, -0.2) is 49.0 Å². The first-order valence-electron chi connectivity index (χ1n) is 6.38. The Labute approximate surface area is 171 Å². The second kappa shape index (κ2) is 10.8. The fraction of sp³-hybridized carbons (Fsp3) is 0.143. The Morgan fingerprint density at radius 2 is 0.880 bits per heavy atom. The summed E-state index contributed by atoms with van der Waals surface area (Å²) in [4.78, 5) is 0.909. The average Bonchev–Trinajstić information content (AvgIpc) is 2.42. The zero-order valence-corrected chi connectivity index (χ0v) is 18.1. The molecule has 0 heterocycles. The van der Waals surface area contributed by atoms with Crippen molar-refractivity contribution in [3.05, 3.63) is 59.7 Å². The zero-order chi connectivity index (χ0) is 18.4. The van der Waals surface area contributed by atoms with E-state index < -0.39 is 18.3 Å². The van der Waals surface area contributed by atoms with Crippen LogP contribution >= 0.6 is 21.6 Å². The first kappa shape index (κ1) is 24.7. The summed E-state index contributed by atoms with van der Waals surface area (Å²) in [6.07, 6.45) is 0. The second-order valence-corrected chi connectivity index (χ2v) is 11.0. The minimum absolute atomic E-state index is 0. The van der Waals surface area contributed by atoms with Gasteiger partial charge in [-0.15, -0.1) is 0 Å². The molecule has 25 heavy (non-hydrogen) atoms. The van der Waals surface area contributed by atoms with Gasteiger partial charge in [-0.2, -0.15) is 0 Å². The van der Waals surface area contributed by atoms with E-state index in [2.05, 4.69) is 0 Å². The van der Waals surface area contributed by atoms with Gasteiger partial charge in [-0.05, 0) is 59.7 Å². The van der Waals surface area contributed by atoms with Crippen LogP contribution in [-0.2, 0) is 18.3 Å². The van der Waals surface area contributed by atoms with Gasteiger partial charge in [0.05, 0.1) is 0 Å². The molecule has 132 valence electrons. The molecule has 0 amide bonds. The second-order valence-electron chi connectivity index (χ2n) is 4.61. The Bertz CT molecular complexity index is 787. The van der Waals surface area contributed by atoms with Crippen molar-refractivity contribution in [2.45, 2.75) is 23.6 Å². The van der Waals surface area contributed by atoms with Gasteiger partial charge in [0, 0.05) is 9.79 Å². The van der Waals surface area contributed by atoms with E-state index in [1.807, 2.05) is 13.8 Å². The van der Waals surface area contributed by atoms with E-state index in [9.17, 15) is 25.9 Å². The molecule has 6 nitrogen and oxygen atoms in total. The summed E-state index contributed by atoms with van der Waals surface area (Å²) in [5.74, 6) is 0. The van der Waals surface area contributed by atoms with Crippen molar-refractivity contribution in [3.8, 4) is 0 Å². The van der Waals surface area contributed by atoms with Gasteiger partial charge in [0.25, 0.3) is 0 Å². The molecule has 0 fully saturated rings. The minimum Gasteiger partial charge on any atom is -0.739 e. The molecular weight excluding hydrogens is 417 g/mol. The van der Waals surface area contributed by atoms with Crippen LogP contribution in [0.1, 0.15) is 11.1 Å². The SMILES string of the molecule is Cc1ccc(SS(=O)(=O)[O-])cc1.Cc1ccc(SS(=O)(=O)[O-])cc1.[Mg+2]. The standard InChI is InChI=1S/2C7H8O3S2.Mg/c2*1-6-2-4-7(5-3-6)11-12(8,9)10;/h2*2-5H,1H3,(H,8,9,10);/q;;+2/p-2. The summed E-state index contributed by atoms with van der Waals surface area (Å²) in [7, 11) is -7.79. The molecule has 11 heteroatoms. The minimum atomic E-state index is -4.22. The monoisotopic (exact) mass is 430 g/mol. The molecule has 0 spiro atoms. The third-order valence-corrected chi connectivity index (χ3v) is 6.16. The van der Waals surface area contributed by atoms with Gasteiger partial charge in [0.2, 0.25) is 0 Å². The van der Waals surface area contributed by atoms with Crippen LogP contribution in [0.4, 0.5) is 0 Å². The molecule has 0 unspecified atom stereocenters. The van der Waals surface area contributed by atoms with Crippen LogP contribution in [0.15, 0.2) is 58.3 Å². The number of benzene rings is 2. The van der Waals surface area contributed by atoms with E-state index in [-0.39, 0.29) is 23.1 Å². The van der Waals surface area contributed by atoms with Gasteiger partial charge in [-0.1, -0.05) is 35.4 Å². The first-order chi connectivity index (χ1) is 10.9. The van der Waals surface area contributed by atoms with Crippen molar-refractivity contribution in [2.75, 3.05) is 0 Å². The zero-order valence-electron chi connectivity index (χ0n) is 13.4. The number of rotatable bonds is 4. The summed E-state index contributed by atoms with van der Waals surface area (Å²) in [6.45, 7) is 3.78. The summed E-state index contributed by atoms with van der Waals surface area (Å²) < 4.78 is 61.8. The fourth-order valence-electron chi connectivity index (χ4n) is 1.42. The Hall–Kier alpha value is -0.274. The van der Waals surface area contributed by atoms with E-state index >= 15 is 0 Å². The normalized spacial score (nSPS) is 11.0. The number of hydrogen-bond donors (Lipinski definition) is 0. The molecule has 0 aliphatic carbocycles. The summed E-state index contributed by atoms with van der Waals surface area (Å²) in [6, 6.07) is 13.5. The number of aryl methyl sites for hydroxylation is 2. The Morgan fingerprint density at radius 1 is 0.640 bits per heavy atom. The van der Waals surface area contributed by atoms with Gasteiger partial charge in [-0.25, -0.2) is 16.8 Å². The van der Waals surface area contributed by atoms with Gasteiger partial charge in [-0.3, -0.25) is 0 Å². The molecular formula is C14H14MgO6S4. The van der Waals surface area contributed by atoms with Crippen LogP contribution in [0, 0.1) is 13.8 Å². The maximum atomic E-state index is 10.3. The molecule has 0 aliphatic rings. The first-order valence-corrected chi connectivity index (χ1v) is 11.9. The van der Waals surface area contributed by atoms with Crippen LogP contribution < -0.4 is 0 Å². The van der Waals surface area contributed by atoms with E-state index in [4.69, 9.17) is 0 Å². The largest absolute Gasteiger partial charge is 2.00 e.